The van der Waals surface area contributed by atoms with Gasteiger partial charge in [0.2, 0.25) is 5.91 Å². The van der Waals surface area contributed by atoms with Crippen molar-refractivity contribution in [3.05, 3.63) is 27.2 Å². The number of aromatic nitrogens is 4. The van der Waals surface area contributed by atoms with Crippen molar-refractivity contribution in [3.8, 4) is 0 Å². The van der Waals surface area contributed by atoms with Crippen molar-refractivity contribution in [2.24, 2.45) is 31.8 Å². The molecule has 2 aliphatic carbocycles. The van der Waals surface area contributed by atoms with E-state index in [4.69, 9.17) is 0 Å². The molecule has 5 unspecified atom stereocenters. The van der Waals surface area contributed by atoms with Crippen LogP contribution in [0.2, 0.25) is 0 Å². The van der Waals surface area contributed by atoms with Crippen LogP contribution in [0.25, 0.3) is 11.2 Å². The van der Waals surface area contributed by atoms with Gasteiger partial charge in [-0.1, -0.05) is 6.42 Å². The zero-order valence-corrected chi connectivity index (χ0v) is 16.3. The molecule has 2 aromatic rings. The molecule has 1 amide bonds. The lowest BCUT2D eigenvalue weighted by atomic mass is 9.84. The minimum absolute atomic E-state index is 0.122. The summed E-state index contributed by atoms with van der Waals surface area (Å²) < 4.78 is 3.94. The average molecular weight is 373 g/mol. The summed E-state index contributed by atoms with van der Waals surface area (Å²) in [6.45, 7) is 3.85. The fourth-order valence-corrected chi connectivity index (χ4v) is 5.14. The molecule has 2 aromatic heterocycles. The fourth-order valence-electron chi connectivity index (χ4n) is 5.14. The summed E-state index contributed by atoms with van der Waals surface area (Å²) in [6, 6.07) is -0.460. The summed E-state index contributed by atoms with van der Waals surface area (Å²) in [5, 5.41) is 3.15. The molecule has 0 saturated heterocycles. The fraction of sp³-hybridized carbons (Fsp3) is 0.684. The van der Waals surface area contributed by atoms with Crippen LogP contribution in [0, 0.1) is 17.8 Å². The number of carbonyl (C=O) groups excluding carboxylic acids is 1. The molecule has 0 spiro atoms. The summed E-state index contributed by atoms with van der Waals surface area (Å²) in [5.74, 6) is 1.99. The Morgan fingerprint density at radius 3 is 2.56 bits per heavy atom. The van der Waals surface area contributed by atoms with Gasteiger partial charge in [-0.3, -0.25) is 18.7 Å². The molecule has 0 aliphatic heterocycles. The number of rotatable bonds is 4. The lowest BCUT2D eigenvalue weighted by Gasteiger charge is -2.29. The molecule has 8 nitrogen and oxygen atoms in total. The molecule has 0 aromatic carbocycles. The lowest BCUT2D eigenvalue weighted by Crippen LogP contribution is -2.43. The largest absolute Gasteiger partial charge is 0.352 e. The molecule has 1 N–H and O–H groups in total. The lowest BCUT2D eigenvalue weighted by molar-refractivity contribution is -0.124. The predicted octanol–water partition coefficient (Wildman–Crippen LogP) is 0.936. The van der Waals surface area contributed by atoms with E-state index in [1.165, 1.54) is 43.6 Å². The van der Waals surface area contributed by atoms with Gasteiger partial charge in [-0.2, -0.15) is 0 Å². The van der Waals surface area contributed by atoms with Crippen LogP contribution in [0.5, 0.6) is 0 Å². The first-order chi connectivity index (χ1) is 12.8. The third kappa shape index (κ3) is 2.73. The average Bonchev–Trinajstić information content (AvgIpc) is 3.38. The predicted molar refractivity (Wildman–Crippen MR) is 101 cm³/mol. The Morgan fingerprint density at radius 1 is 1.19 bits per heavy atom. The van der Waals surface area contributed by atoms with E-state index in [0.717, 1.165) is 16.4 Å². The Balaban J connectivity index is 1.59. The third-order valence-corrected chi connectivity index (χ3v) is 6.77. The van der Waals surface area contributed by atoms with Crippen LogP contribution in [-0.2, 0) is 18.9 Å². The standard InChI is InChI=1S/C19H27N5O3/c1-10(14-8-12-5-6-13(14)7-12)21-17(25)11(2)24-9-20-16-15(24)18(26)23(4)19(27)22(16)3/h9-14H,5-8H2,1-4H3,(H,21,25). The summed E-state index contributed by atoms with van der Waals surface area (Å²) in [5.41, 5.74) is -0.301. The molecule has 0 radical (unpaired) electrons. The Morgan fingerprint density at radius 2 is 1.93 bits per heavy atom. The van der Waals surface area contributed by atoms with E-state index >= 15 is 0 Å². The minimum Gasteiger partial charge on any atom is -0.352 e. The van der Waals surface area contributed by atoms with Gasteiger partial charge in [0.05, 0.1) is 6.33 Å². The second kappa shape index (κ2) is 6.35. The van der Waals surface area contributed by atoms with Gasteiger partial charge >= 0.3 is 5.69 Å². The zero-order valence-electron chi connectivity index (χ0n) is 16.3. The van der Waals surface area contributed by atoms with Crippen LogP contribution >= 0.6 is 0 Å². The number of carbonyl (C=O) groups is 1. The summed E-state index contributed by atoms with van der Waals surface area (Å²) in [6.07, 6.45) is 6.59. The van der Waals surface area contributed by atoms with Crippen molar-refractivity contribution in [2.45, 2.75) is 51.6 Å². The van der Waals surface area contributed by atoms with E-state index in [1.807, 2.05) is 0 Å². The molecular formula is C19H27N5O3. The Hall–Kier alpha value is -2.38. The second-order valence-corrected chi connectivity index (χ2v) is 8.34. The Labute approximate surface area is 157 Å². The molecule has 2 saturated carbocycles. The van der Waals surface area contributed by atoms with E-state index in [0.29, 0.717) is 11.6 Å². The SMILES string of the molecule is CC(NC(=O)C(C)n1cnc2c1c(=O)n(C)c(=O)n2C)C1CC2CCC1C2. The first-order valence-corrected chi connectivity index (χ1v) is 9.72. The van der Waals surface area contributed by atoms with Crippen LogP contribution in [0.3, 0.4) is 0 Å². The van der Waals surface area contributed by atoms with Crippen molar-refractivity contribution >= 4 is 17.1 Å². The zero-order chi connectivity index (χ0) is 19.5. The van der Waals surface area contributed by atoms with Gasteiger partial charge in [0, 0.05) is 20.1 Å². The number of fused-ring (bicyclic) bond motifs is 3. The van der Waals surface area contributed by atoms with Crippen LogP contribution < -0.4 is 16.6 Å². The maximum atomic E-state index is 12.9. The normalized spacial score (nSPS) is 26.4. The monoisotopic (exact) mass is 373 g/mol. The molecule has 2 fully saturated rings. The van der Waals surface area contributed by atoms with E-state index in [-0.39, 0.29) is 17.5 Å². The summed E-state index contributed by atoms with van der Waals surface area (Å²) in [4.78, 5) is 41.7. The van der Waals surface area contributed by atoms with Gasteiger partial charge in [-0.15, -0.1) is 0 Å². The smallest absolute Gasteiger partial charge is 0.332 e. The van der Waals surface area contributed by atoms with Crippen molar-refractivity contribution < 1.29 is 4.79 Å². The number of nitrogens with zero attached hydrogens (tertiary/aromatic N) is 4. The first kappa shape index (κ1) is 18.0. The van der Waals surface area contributed by atoms with E-state index < -0.39 is 17.3 Å². The number of nitrogens with one attached hydrogen (secondary N) is 1. The van der Waals surface area contributed by atoms with E-state index in [1.54, 1.807) is 18.5 Å². The van der Waals surface area contributed by atoms with Crippen molar-refractivity contribution in [2.75, 3.05) is 0 Å². The van der Waals surface area contributed by atoms with Gasteiger partial charge in [-0.25, -0.2) is 9.78 Å². The number of imidazole rings is 1. The van der Waals surface area contributed by atoms with Gasteiger partial charge in [-0.05, 0) is 50.9 Å². The highest BCUT2D eigenvalue weighted by molar-refractivity contribution is 5.82. The maximum absolute atomic E-state index is 12.9. The van der Waals surface area contributed by atoms with Crippen LogP contribution in [0.4, 0.5) is 0 Å². The molecule has 2 heterocycles. The van der Waals surface area contributed by atoms with E-state index in [2.05, 4.69) is 17.2 Å². The topological polar surface area (TPSA) is 90.9 Å². The van der Waals surface area contributed by atoms with Crippen molar-refractivity contribution in [1.82, 2.24) is 24.0 Å². The van der Waals surface area contributed by atoms with Crippen molar-refractivity contribution in [1.29, 1.82) is 0 Å². The Kier molecular flexibility index (Phi) is 4.24. The van der Waals surface area contributed by atoms with Gasteiger partial charge in [0.25, 0.3) is 5.56 Å². The number of aryl methyl sites for hydroxylation is 1. The quantitative estimate of drug-likeness (QED) is 0.863. The van der Waals surface area contributed by atoms with Crippen molar-refractivity contribution in [3.63, 3.8) is 0 Å². The number of hydrogen-bond acceptors (Lipinski definition) is 4. The maximum Gasteiger partial charge on any atom is 0.332 e. The van der Waals surface area contributed by atoms with Crippen LogP contribution in [0.15, 0.2) is 15.9 Å². The first-order valence-electron chi connectivity index (χ1n) is 9.72. The third-order valence-electron chi connectivity index (χ3n) is 6.77. The Bertz CT molecular complexity index is 1020. The number of hydrogen-bond donors (Lipinski definition) is 1. The number of amides is 1. The molecule has 5 atom stereocenters. The summed E-state index contributed by atoms with van der Waals surface area (Å²) in [7, 11) is 3.01. The van der Waals surface area contributed by atoms with Gasteiger partial charge < -0.3 is 9.88 Å². The minimum atomic E-state index is -0.582. The molecule has 146 valence electrons. The van der Waals surface area contributed by atoms with Crippen LogP contribution in [0.1, 0.15) is 45.6 Å². The molecule has 4 rings (SSSR count). The highest BCUT2D eigenvalue weighted by Gasteiger charge is 2.42. The molecule has 27 heavy (non-hydrogen) atoms. The highest BCUT2D eigenvalue weighted by Crippen LogP contribution is 2.49. The molecule has 2 bridgehead atoms. The van der Waals surface area contributed by atoms with E-state index in [9.17, 15) is 14.4 Å². The summed E-state index contributed by atoms with van der Waals surface area (Å²) >= 11 is 0. The molecular weight excluding hydrogens is 346 g/mol. The highest BCUT2D eigenvalue weighted by atomic mass is 16.2. The molecule has 8 heteroatoms. The van der Waals surface area contributed by atoms with Gasteiger partial charge in [0.15, 0.2) is 11.2 Å². The second-order valence-electron chi connectivity index (χ2n) is 8.34. The van der Waals surface area contributed by atoms with Crippen LogP contribution in [-0.4, -0.2) is 30.6 Å². The molecule has 2 aliphatic rings. The van der Waals surface area contributed by atoms with Gasteiger partial charge in [0.1, 0.15) is 6.04 Å².